The Labute approximate surface area is 92.6 Å². The van der Waals surface area contributed by atoms with Gasteiger partial charge in [0.15, 0.2) is 0 Å². The van der Waals surface area contributed by atoms with Gasteiger partial charge in [-0.1, -0.05) is 0 Å². The molecule has 1 saturated heterocycles. The summed E-state index contributed by atoms with van der Waals surface area (Å²) < 4.78 is 5.23. The number of ether oxygens (including phenoxy) is 1. The van der Waals surface area contributed by atoms with Crippen LogP contribution >= 0.6 is 11.6 Å². The topological polar surface area (TPSA) is 87.0 Å². The van der Waals surface area contributed by atoms with Crippen LogP contribution in [-0.2, 0) is 9.53 Å². The fourth-order valence-electron chi connectivity index (χ4n) is 1.60. The summed E-state index contributed by atoms with van der Waals surface area (Å²) in [6, 6.07) is 0. The lowest BCUT2D eigenvalue weighted by atomic mass is 9.95. The summed E-state index contributed by atoms with van der Waals surface area (Å²) >= 11 is 5.75. The van der Waals surface area contributed by atoms with Gasteiger partial charge in [-0.15, -0.1) is 11.6 Å². The van der Waals surface area contributed by atoms with Crippen molar-refractivity contribution in [2.45, 2.75) is 43.1 Å². The van der Waals surface area contributed by atoms with Crippen LogP contribution in [0.1, 0.15) is 13.3 Å². The van der Waals surface area contributed by atoms with Crippen molar-refractivity contribution in [2.75, 3.05) is 6.61 Å². The van der Waals surface area contributed by atoms with Crippen LogP contribution in [0.4, 0.5) is 0 Å². The Morgan fingerprint density at radius 1 is 1.33 bits per heavy atom. The van der Waals surface area contributed by atoms with Crippen molar-refractivity contribution < 1.29 is 24.9 Å². The number of carbonyl (C=O) groups excluding carboxylic acids is 1. The van der Waals surface area contributed by atoms with Crippen molar-refractivity contribution in [2.24, 2.45) is 0 Å². The second-order valence-corrected chi connectivity index (χ2v) is 4.23. The lowest BCUT2D eigenvalue weighted by Crippen LogP contribution is -2.56. The number of aliphatic hydroxyl groups is 3. The summed E-state index contributed by atoms with van der Waals surface area (Å²) in [5, 5.41) is 27.2. The molecule has 0 bridgehead atoms. The number of ketones is 1. The van der Waals surface area contributed by atoms with E-state index in [9.17, 15) is 15.0 Å². The molecule has 1 fully saturated rings. The highest BCUT2D eigenvalue weighted by Crippen LogP contribution is 2.26. The van der Waals surface area contributed by atoms with Gasteiger partial charge in [-0.2, -0.15) is 0 Å². The number of aliphatic hydroxyl groups excluding tert-OH is 3. The zero-order valence-corrected chi connectivity index (χ0v) is 9.09. The predicted octanol–water partition coefficient (Wildman–Crippen LogP) is -0.946. The van der Waals surface area contributed by atoms with Gasteiger partial charge in [-0.05, 0) is 6.92 Å². The average molecular weight is 239 g/mol. The van der Waals surface area contributed by atoms with Crippen LogP contribution in [0.5, 0.6) is 0 Å². The number of carbonyl (C=O) groups is 1. The van der Waals surface area contributed by atoms with Gasteiger partial charge in [0.25, 0.3) is 0 Å². The highest BCUT2D eigenvalue weighted by atomic mass is 35.5. The van der Waals surface area contributed by atoms with E-state index in [1.807, 2.05) is 0 Å². The molecule has 0 spiro atoms. The van der Waals surface area contributed by atoms with Crippen LogP contribution in [-0.4, -0.2) is 57.5 Å². The molecule has 0 amide bonds. The smallest absolute Gasteiger partial charge is 0.132 e. The van der Waals surface area contributed by atoms with Crippen LogP contribution in [0.25, 0.3) is 0 Å². The number of rotatable bonds is 3. The van der Waals surface area contributed by atoms with Crippen LogP contribution in [0.2, 0.25) is 0 Å². The maximum absolute atomic E-state index is 10.9. The Morgan fingerprint density at radius 2 is 1.93 bits per heavy atom. The largest absolute Gasteiger partial charge is 0.394 e. The molecule has 0 aromatic rings. The van der Waals surface area contributed by atoms with Gasteiger partial charge in [0.1, 0.15) is 18.0 Å². The highest BCUT2D eigenvalue weighted by Gasteiger charge is 2.43. The van der Waals surface area contributed by atoms with Crippen molar-refractivity contribution in [3.05, 3.63) is 0 Å². The first-order valence-corrected chi connectivity index (χ1v) is 5.17. The van der Waals surface area contributed by atoms with E-state index >= 15 is 0 Å². The SMILES string of the molecule is CC(=O)C[C@@H]1O[C@H](CO)[C@H](Cl)[C@H](O)[C@H]1O. The van der Waals surface area contributed by atoms with Gasteiger partial charge in [-0.25, -0.2) is 0 Å². The van der Waals surface area contributed by atoms with Gasteiger partial charge in [0, 0.05) is 6.42 Å². The zero-order chi connectivity index (χ0) is 11.6. The van der Waals surface area contributed by atoms with Crippen molar-refractivity contribution in [3.63, 3.8) is 0 Å². The van der Waals surface area contributed by atoms with Gasteiger partial charge in [0.2, 0.25) is 0 Å². The fourth-order valence-corrected chi connectivity index (χ4v) is 1.89. The molecule has 0 aromatic heterocycles. The Bertz CT molecular complexity index is 233. The first kappa shape index (κ1) is 12.9. The van der Waals surface area contributed by atoms with Crippen LogP contribution in [0.3, 0.4) is 0 Å². The highest BCUT2D eigenvalue weighted by molar-refractivity contribution is 6.21. The van der Waals surface area contributed by atoms with Crippen LogP contribution < -0.4 is 0 Å². The molecule has 1 rings (SSSR count). The first-order valence-electron chi connectivity index (χ1n) is 4.73. The summed E-state index contributed by atoms with van der Waals surface area (Å²) in [4.78, 5) is 10.9. The molecule has 1 aliphatic rings. The maximum atomic E-state index is 10.9. The van der Waals surface area contributed by atoms with Gasteiger partial charge in [0.05, 0.1) is 24.2 Å². The molecule has 0 unspecified atom stereocenters. The molecule has 88 valence electrons. The fraction of sp³-hybridized carbons (Fsp3) is 0.889. The third-order valence-electron chi connectivity index (χ3n) is 2.43. The molecule has 5 nitrogen and oxygen atoms in total. The average Bonchev–Trinajstić information content (AvgIpc) is 2.18. The molecule has 3 N–H and O–H groups in total. The number of Topliss-reactive ketones (excluding diaryl/α,β-unsaturated/α-hetero) is 1. The molecule has 6 heteroatoms. The number of hydrogen-bond donors (Lipinski definition) is 3. The van der Waals surface area contributed by atoms with E-state index in [4.69, 9.17) is 21.4 Å². The molecule has 1 aliphatic heterocycles. The molecule has 5 atom stereocenters. The minimum Gasteiger partial charge on any atom is -0.394 e. The lowest BCUT2D eigenvalue weighted by Gasteiger charge is -2.39. The summed E-state index contributed by atoms with van der Waals surface area (Å²) in [5.74, 6) is -0.157. The third-order valence-corrected chi connectivity index (χ3v) is 2.97. The Morgan fingerprint density at radius 3 is 2.40 bits per heavy atom. The van der Waals surface area contributed by atoms with E-state index in [0.29, 0.717) is 0 Å². The van der Waals surface area contributed by atoms with E-state index in [1.165, 1.54) is 6.92 Å². The van der Waals surface area contributed by atoms with Crippen molar-refractivity contribution in [1.82, 2.24) is 0 Å². The number of halogens is 1. The van der Waals surface area contributed by atoms with E-state index in [-0.39, 0.29) is 18.8 Å². The maximum Gasteiger partial charge on any atom is 0.132 e. The Kier molecular flexibility index (Phi) is 4.48. The molecule has 0 saturated carbocycles. The van der Waals surface area contributed by atoms with Crippen molar-refractivity contribution in [1.29, 1.82) is 0 Å². The lowest BCUT2D eigenvalue weighted by molar-refractivity contribution is -0.177. The van der Waals surface area contributed by atoms with Gasteiger partial charge in [-0.3, -0.25) is 4.79 Å². The molecular formula is C9H15ClO5. The van der Waals surface area contributed by atoms with Gasteiger partial charge < -0.3 is 20.1 Å². The standard InChI is InChI=1S/C9H15ClO5/c1-4(12)2-5-8(13)9(14)7(10)6(3-11)15-5/h5-9,11,13-14H,2-3H2,1H3/t5-,6+,7-,8-,9-/m0/s1. The monoisotopic (exact) mass is 238 g/mol. The second kappa shape index (κ2) is 5.23. The number of hydrogen-bond acceptors (Lipinski definition) is 5. The first-order chi connectivity index (χ1) is 6.97. The summed E-state index contributed by atoms with van der Waals surface area (Å²) in [5.41, 5.74) is 0. The normalized spacial score (nSPS) is 41.5. The quantitative estimate of drug-likeness (QED) is 0.552. The van der Waals surface area contributed by atoms with Crippen molar-refractivity contribution in [3.8, 4) is 0 Å². The summed E-state index contributed by atoms with van der Waals surface area (Å²) in [6.45, 7) is 1.01. The Balaban J connectivity index is 2.69. The van der Waals surface area contributed by atoms with E-state index < -0.39 is 29.8 Å². The molecular weight excluding hydrogens is 224 g/mol. The molecule has 1 heterocycles. The second-order valence-electron chi connectivity index (χ2n) is 3.73. The zero-order valence-electron chi connectivity index (χ0n) is 8.34. The molecule has 0 radical (unpaired) electrons. The molecule has 0 aromatic carbocycles. The predicted molar refractivity (Wildman–Crippen MR) is 52.7 cm³/mol. The number of alkyl halides is 1. The van der Waals surface area contributed by atoms with E-state index in [2.05, 4.69) is 0 Å². The summed E-state index contributed by atoms with van der Waals surface area (Å²) in [6.07, 6.45) is -3.95. The van der Waals surface area contributed by atoms with Crippen LogP contribution in [0, 0.1) is 0 Å². The Hall–Kier alpha value is -0.200. The minimum atomic E-state index is -1.20. The van der Waals surface area contributed by atoms with Gasteiger partial charge >= 0.3 is 0 Å². The molecule has 15 heavy (non-hydrogen) atoms. The van der Waals surface area contributed by atoms with Crippen molar-refractivity contribution >= 4 is 17.4 Å². The van der Waals surface area contributed by atoms with Crippen LogP contribution in [0.15, 0.2) is 0 Å². The van der Waals surface area contributed by atoms with E-state index in [1.54, 1.807) is 0 Å². The minimum absolute atomic E-state index is 0.00165. The summed E-state index contributed by atoms with van der Waals surface area (Å²) in [7, 11) is 0. The molecule has 0 aliphatic carbocycles. The van der Waals surface area contributed by atoms with E-state index in [0.717, 1.165) is 0 Å². The third kappa shape index (κ3) is 2.89.